The second kappa shape index (κ2) is 9.08. The second-order valence-electron chi connectivity index (χ2n) is 7.34. The second-order valence-corrected chi connectivity index (χ2v) is 8.99. The van der Waals surface area contributed by atoms with Crippen molar-refractivity contribution in [3.8, 4) is 0 Å². The van der Waals surface area contributed by atoms with Gasteiger partial charge in [0.05, 0.1) is 4.90 Å². The van der Waals surface area contributed by atoms with Gasteiger partial charge in [-0.1, -0.05) is 66.7 Å². The van der Waals surface area contributed by atoms with Gasteiger partial charge in [-0.3, -0.25) is 9.52 Å². The molecule has 0 aliphatic rings. The summed E-state index contributed by atoms with van der Waals surface area (Å²) in [6.45, 7) is 1.93. The lowest BCUT2D eigenvalue weighted by molar-refractivity contribution is -0.111. The van der Waals surface area contributed by atoms with Gasteiger partial charge in [-0.05, 0) is 53.8 Å². The normalized spacial score (nSPS) is 11.5. The Morgan fingerprint density at radius 2 is 1.50 bits per heavy atom. The molecule has 4 aromatic carbocycles. The number of fused-ring (bicyclic) bond motifs is 1. The smallest absolute Gasteiger partial charge is 0.262 e. The van der Waals surface area contributed by atoms with Gasteiger partial charge in [-0.25, -0.2) is 8.42 Å². The number of hydrogen-bond acceptors (Lipinski definition) is 3. The van der Waals surface area contributed by atoms with Crippen molar-refractivity contribution in [2.24, 2.45) is 0 Å². The van der Waals surface area contributed by atoms with E-state index in [9.17, 15) is 13.2 Å². The Labute approximate surface area is 187 Å². The van der Waals surface area contributed by atoms with E-state index in [2.05, 4.69) is 10.0 Å². The Bertz CT molecular complexity index is 1400. The lowest BCUT2D eigenvalue weighted by Crippen LogP contribution is -2.13. The molecular formula is C26H22N2O3S. The zero-order chi connectivity index (χ0) is 22.6. The van der Waals surface area contributed by atoms with E-state index >= 15 is 0 Å². The highest BCUT2D eigenvalue weighted by Crippen LogP contribution is 2.25. The first-order chi connectivity index (χ1) is 15.4. The van der Waals surface area contributed by atoms with Crippen LogP contribution >= 0.6 is 0 Å². The molecule has 5 nitrogen and oxygen atoms in total. The Kier molecular flexibility index (Phi) is 6.05. The van der Waals surface area contributed by atoms with Crippen molar-refractivity contribution in [3.05, 3.63) is 108 Å². The predicted octanol–water partition coefficient (Wildman–Crippen LogP) is 5.60. The fraction of sp³-hybridized carbons (Fsp3) is 0.0385. The summed E-state index contributed by atoms with van der Waals surface area (Å²) in [5.41, 5.74) is 2.97. The maximum atomic E-state index is 12.9. The summed E-state index contributed by atoms with van der Waals surface area (Å²) in [6.07, 6.45) is 3.12. The van der Waals surface area contributed by atoms with Crippen molar-refractivity contribution in [2.75, 3.05) is 10.0 Å². The fourth-order valence-corrected chi connectivity index (χ4v) is 4.65. The van der Waals surface area contributed by atoms with Crippen LogP contribution in [0.4, 0.5) is 11.4 Å². The van der Waals surface area contributed by atoms with E-state index in [1.165, 1.54) is 6.08 Å². The number of aryl methyl sites for hydroxylation is 1. The molecule has 0 bridgehead atoms. The van der Waals surface area contributed by atoms with E-state index in [0.717, 1.165) is 22.2 Å². The highest BCUT2D eigenvalue weighted by atomic mass is 32.2. The van der Waals surface area contributed by atoms with Crippen molar-refractivity contribution >= 4 is 44.2 Å². The monoisotopic (exact) mass is 442 g/mol. The van der Waals surface area contributed by atoms with Gasteiger partial charge in [-0.2, -0.15) is 0 Å². The molecule has 0 saturated carbocycles. The largest absolute Gasteiger partial charge is 0.322 e. The third-order valence-electron chi connectivity index (χ3n) is 5.03. The molecule has 0 aliphatic heterocycles. The summed E-state index contributed by atoms with van der Waals surface area (Å²) in [4.78, 5) is 12.4. The summed E-state index contributed by atoms with van der Waals surface area (Å²) in [7, 11) is -3.75. The summed E-state index contributed by atoms with van der Waals surface area (Å²) < 4.78 is 28.5. The van der Waals surface area contributed by atoms with Crippen LogP contribution in [0.15, 0.2) is 102 Å². The summed E-state index contributed by atoms with van der Waals surface area (Å²) in [6, 6.07) is 26.9. The molecule has 4 aromatic rings. The SMILES string of the molecule is Cc1ccccc1NC(=O)/C=C/c1ccc(NS(=O)(=O)c2cccc3ccccc23)cc1. The van der Waals surface area contributed by atoms with Crippen LogP contribution < -0.4 is 10.0 Å². The summed E-state index contributed by atoms with van der Waals surface area (Å²) in [5, 5.41) is 4.37. The zero-order valence-electron chi connectivity index (χ0n) is 17.4. The molecule has 160 valence electrons. The van der Waals surface area contributed by atoms with Gasteiger partial charge in [0.25, 0.3) is 10.0 Å². The maximum Gasteiger partial charge on any atom is 0.262 e. The van der Waals surface area contributed by atoms with Crippen LogP contribution in [0.2, 0.25) is 0 Å². The third-order valence-corrected chi connectivity index (χ3v) is 6.47. The molecule has 0 saturated heterocycles. The van der Waals surface area contributed by atoms with Crippen LogP contribution in [-0.2, 0) is 14.8 Å². The zero-order valence-corrected chi connectivity index (χ0v) is 18.3. The van der Waals surface area contributed by atoms with E-state index in [0.29, 0.717) is 11.1 Å². The van der Waals surface area contributed by atoms with Gasteiger partial charge < -0.3 is 5.32 Å². The Morgan fingerprint density at radius 1 is 0.812 bits per heavy atom. The maximum absolute atomic E-state index is 12.9. The third kappa shape index (κ3) is 4.87. The highest BCUT2D eigenvalue weighted by molar-refractivity contribution is 7.93. The molecule has 6 heteroatoms. The molecule has 0 atom stereocenters. The first-order valence-electron chi connectivity index (χ1n) is 10.1. The topological polar surface area (TPSA) is 75.3 Å². The first-order valence-corrected chi connectivity index (χ1v) is 11.6. The Balaban J connectivity index is 1.46. The molecule has 0 heterocycles. The standard InChI is InChI=1S/C26H22N2O3S/c1-19-7-2-5-11-24(19)27-26(29)18-15-20-13-16-22(17-14-20)28-32(30,31)25-12-6-9-21-8-3-4-10-23(21)25/h2-18,28H,1H3,(H,27,29)/b18-15+. The van der Waals surface area contributed by atoms with Crippen molar-refractivity contribution in [1.29, 1.82) is 0 Å². The highest BCUT2D eigenvalue weighted by Gasteiger charge is 2.17. The quantitative estimate of drug-likeness (QED) is 0.382. The molecule has 0 radical (unpaired) electrons. The minimum absolute atomic E-state index is 0.229. The molecule has 1 amide bonds. The molecule has 0 aromatic heterocycles. The minimum Gasteiger partial charge on any atom is -0.322 e. The minimum atomic E-state index is -3.75. The van der Waals surface area contributed by atoms with Crippen molar-refractivity contribution in [3.63, 3.8) is 0 Å². The molecule has 0 aliphatic carbocycles. The molecule has 4 rings (SSSR count). The number of carbonyl (C=O) groups is 1. The van der Waals surface area contributed by atoms with Crippen LogP contribution in [0.1, 0.15) is 11.1 Å². The number of hydrogen-bond donors (Lipinski definition) is 2. The average molecular weight is 443 g/mol. The lowest BCUT2D eigenvalue weighted by Gasteiger charge is -2.11. The van der Waals surface area contributed by atoms with E-state index in [4.69, 9.17) is 0 Å². The predicted molar refractivity (Wildman–Crippen MR) is 130 cm³/mol. The van der Waals surface area contributed by atoms with Gasteiger partial charge in [0.15, 0.2) is 0 Å². The Hall–Kier alpha value is -3.90. The van der Waals surface area contributed by atoms with Gasteiger partial charge in [0.2, 0.25) is 5.91 Å². The molecule has 0 spiro atoms. The number of amides is 1. The van der Waals surface area contributed by atoms with Gasteiger partial charge >= 0.3 is 0 Å². The van der Waals surface area contributed by atoms with Crippen LogP contribution in [-0.4, -0.2) is 14.3 Å². The number of benzene rings is 4. The number of rotatable bonds is 6. The van der Waals surface area contributed by atoms with Crippen molar-refractivity contribution < 1.29 is 13.2 Å². The van der Waals surface area contributed by atoms with Gasteiger partial charge in [0.1, 0.15) is 0 Å². The number of sulfonamides is 1. The van der Waals surface area contributed by atoms with E-state index in [1.807, 2.05) is 55.5 Å². The number of anilines is 2. The van der Waals surface area contributed by atoms with Crippen molar-refractivity contribution in [2.45, 2.75) is 11.8 Å². The molecular weight excluding hydrogens is 420 g/mol. The summed E-state index contributed by atoms with van der Waals surface area (Å²) >= 11 is 0. The molecule has 0 unspecified atom stereocenters. The Morgan fingerprint density at radius 3 is 2.28 bits per heavy atom. The van der Waals surface area contributed by atoms with E-state index < -0.39 is 10.0 Å². The van der Waals surface area contributed by atoms with E-state index in [-0.39, 0.29) is 10.8 Å². The van der Waals surface area contributed by atoms with Gasteiger partial charge in [-0.15, -0.1) is 0 Å². The van der Waals surface area contributed by atoms with Crippen LogP contribution in [0.3, 0.4) is 0 Å². The van der Waals surface area contributed by atoms with Crippen LogP contribution in [0, 0.1) is 6.92 Å². The lowest BCUT2D eigenvalue weighted by atomic mass is 10.1. The molecule has 32 heavy (non-hydrogen) atoms. The molecule has 0 fully saturated rings. The summed E-state index contributed by atoms with van der Waals surface area (Å²) in [5.74, 6) is -0.236. The average Bonchev–Trinajstić information content (AvgIpc) is 2.79. The van der Waals surface area contributed by atoms with Crippen LogP contribution in [0.25, 0.3) is 16.8 Å². The van der Waals surface area contributed by atoms with Crippen LogP contribution in [0.5, 0.6) is 0 Å². The fourth-order valence-electron chi connectivity index (χ4n) is 3.36. The number of nitrogens with one attached hydrogen (secondary N) is 2. The first kappa shape index (κ1) is 21.3. The van der Waals surface area contributed by atoms with Crippen molar-refractivity contribution in [1.82, 2.24) is 0 Å². The number of para-hydroxylation sites is 1. The van der Waals surface area contributed by atoms with Gasteiger partial charge in [0, 0.05) is 22.8 Å². The number of carbonyl (C=O) groups excluding carboxylic acids is 1. The van der Waals surface area contributed by atoms with E-state index in [1.54, 1.807) is 48.5 Å². The molecule has 2 N–H and O–H groups in total.